The van der Waals surface area contributed by atoms with Crippen molar-refractivity contribution in [2.24, 2.45) is 0 Å². The number of nitrogens with two attached hydrogens (primary N) is 1. The summed E-state index contributed by atoms with van der Waals surface area (Å²) in [4.78, 5) is 12.4. The maximum absolute atomic E-state index is 12.4. The molecule has 0 saturated carbocycles. The van der Waals surface area contributed by atoms with Crippen molar-refractivity contribution in [3.05, 3.63) is 46.4 Å². The SMILES string of the molecule is COc1cc(N)ccc1NC(=O)c1ccc(OC(C)C)c(Br)c1. The third kappa shape index (κ3) is 4.39. The molecule has 0 saturated heterocycles. The van der Waals surface area contributed by atoms with Crippen molar-refractivity contribution in [1.82, 2.24) is 0 Å². The lowest BCUT2D eigenvalue weighted by Gasteiger charge is -2.13. The summed E-state index contributed by atoms with van der Waals surface area (Å²) >= 11 is 3.42. The van der Waals surface area contributed by atoms with Crippen molar-refractivity contribution in [2.45, 2.75) is 20.0 Å². The molecule has 5 nitrogen and oxygen atoms in total. The van der Waals surface area contributed by atoms with Crippen molar-refractivity contribution >= 4 is 33.2 Å². The Morgan fingerprint density at radius 3 is 2.52 bits per heavy atom. The van der Waals surface area contributed by atoms with Gasteiger partial charge in [0.15, 0.2) is 0 Å². The lowest BCUT2D eigenvalue weighted by atomic mass is 10.2. The van der Waals surface area contributed by atoms with Crippen LogP contribution >= 0.6 is 15.9 Å². The largest absolute Gasteiger partial charge is 0.494 e. The zero-order valence-electron chi connectivity index (χ0n) is 13.2. The van der Waals surface area contributed by atoms with E-state index in [-0.39, 0.29) is 12.0 Å². The van der Waals surface area contributed by atoms with Crippen molar-refractivity contribution in [1.29, 1.82) is 0 Å². The summed E-state index contributed by atoms with van der Waals surface area (Å²) in [5.74, 6) is 0.962. The molecule has 0 spiro atoms. The number of ether oxygens (including phenoxy) is 2. The van der Waals surface area contributed by atoms with Gasteiger partial charge >= 0.3 is 0 Å². The Hall–Kier alpha value is -2.21. The van der Waals surface area contributed by atoms with E-state index < -0.39 is 0 Å². The molecule has 0 aliphatic carbocycles. The van der Waals surface area contributed by atoms with Crippen LogP contribution in [0.4, 0.5) is 11.4 Å². The molecule has 0 fully saturated rings. The van der Waals surface area contributed by atoms with Crippen LogP contribution in [0.25, 0.3) is 0 Å². The van der Waals surface area contributed by atoms with E-state index in [1.165, 1.54) is 7.11 Å². The second kappa shape index (κ2) is 7.37. The molecule has 2 rings (SSSR count). The van der Waals surface area contributed by atoms with Gasteiger partial charge in [0.25, 0.3) is 5.91 Å². The predicted octanol–water partition coefficient (Wildman–Crippen LogP) is 4.08. The number of carbonyl (C=O) groups excluding carboxylic acids is 1. The number of benzene rings is 2. The minimum absolute atomic E-state index is 0.0602. The average Bonchev–Trinajstić information content (AvgIpc) is 2.50. The van der Waals surface area contributed by atoms with Gasteiger partial charge in [0.1, 0.15) is 11.5 Å². The number of hydrogen-bond donors (Lipinski definition) is 2. The quantitative estimate of drug-likeness (QED) is 0.768. The third-order valence-electron chi connectivity index (χ3n) is 3.03. The first-order chi connectivity index (χ1) is 10.9. The van der Waals surface area contributed by atoms with E-state index in [1.54, 1.807) is 36.4 Å². The standard InChI is InChI=1S/C17H19BrN2O3/c1-10(2)23-15-7-4-11(8-13(15)18)17(21)20-14-6-5-12(19)9-16(14)22-3/h4-10H,19H2,1-3H3,(H,20,21). The van der Waals surface area contributed by atoms with E-state index in [0.29, 0.717) is 28.4 Å². The molecule has 0 atom stereocenters. The molecule has 0 aliphatic heterocycles. The van der Waals surface area contributed by atoms with E-state index in [0.717, 1.165) is 4.47 Å². The van der Waals surface area contributed by atoms with Crippen molar-refractivity contribution in [2.75, 3.05) is 18.2 Å². The highest BCUT2D eigenvalue weighted by molar-refractivity contribution is 9.10. The zero-order chi connectivity index (χ0) is 17.0. The van der Waals surface area contributed by atoms with Gasteiger partial charge in [-0.25, -0.2) is 0 Å². The maximum atomic E-state index is 12.4. The van der Waals surface area contributed by atoms with Gasteiger partial charge in [-0.3, -0.25) is 4.79 Å². The van der Waals surface area contributed by atoms with Gasteiger partial charge in [0.05, 0.1) is 23.4 Å². The van der Waals surface area contributed by atoms with Gasteiger partial charge in [-0.1, -0.05) is 0 Å². The van der Waals surface area contributed by atoms with Crippen molar-refractivity contribution in [3.63, 3.8) is 0 Å². The monoisotopic (exact) mass is 378 g/mol. The minimum Gasteiger partial charge on any atom is -0.494 e. The highest BCUT2D eigenvalue weighted by atomic mass is 79.9. The molecule has 1 amide bonds. The lowest BCUT2D eigenvalue weighted by molar-refractivity contribution is 0.102. The predicted molar refractivity (Wildman–Crippen MR) is 95.3 cm³/mol. The molecule has 0 heterocycles. The molecule has 2 aromatic carbocycles. The fraction of sp³-hybridized carbons (Fsp3) is 0.235. The highest BCUT2D eigenvalue weighted by Crippen LogP contribution is 2.29. The summed E-state index contributed by atoms with van der Waals surface area (Å²) in [6.07, 6.45) is 0.0602. The Morgan fingerprint density at radius 1 is 1.17 bits per heavy atom. The smallest absolute Gasteiger partial charge is 0.255 e. The molecular weight excluding hydrogens is 360 g/mol. The van der Waals surface area contributed by atoms with Crippen LogP contribution in [-0.2, 0) is 0 Å². The first kappa shape index (κ1) is 17.1. The van der Waals surface area contributed by atoms with Crippen LogP contribution in [0.1, 0.15) is 24.2 Å². The first-order valence-electron chi connectivity index (χ1n) is 7.11. The average molecular weight is 379 g/mol. The number of hydrogen-bond acceptors (Lipinski definition) is 4. The number of nitrogens with one attached hydrogen (secondary N) is 1. The number of methoxy groups -OCH3 is 1. The Bertz CT molecular complexity index is 717. The Labute approximate surface area is 143 Å². The van der Waals surface area contributed by atoms with Crippen LogP contribution in [0.3, 0.4) is 0 Å². The van der Waals surface area contributed by atoms with Gasteiger partial charge in [-0.2, -0.15) is 0 Å². The molecule has 0 aliphatic rings. The van der Waals surface area contributed by atoms with Gasteiger partial charge in [-0.05, 0) is 60.1 Å². The van der Waals surface area contributed by atoms with Crippen LogP contribution in [-0.4, -0.2) is 19.1 Å². The molecule has 3 N–H and O–H groups in total. The maximum Gasteiger partial charge on any atom is 0.255 e. The second-order valence-electron chi connectivity index (χ2n) is 5.23. The summed E-state index contributed by atoms with van der Waals surface area (Å²) in [5.41, 5.74) is 7.34. The van der Waals surface area contributed by atoms with E-state index in [4.69, 9.17) is 15.2 Å². The minimum atomic E-state index is -0.245. The molecule has 6 heteroatoms. The summed E-state index contributed by atoms with van der Waals surface area (Å²) in [7, 11) is 1.53. The van der Waals surface area contributed by atoms with Gasteiger partial charge in [-0.15, -0.1) is 0 Å². The fourth-order valence-corrected chi connectivity index (χ4v) is 2.47. The molecule has 0 bridgehead atoms. The van der Waals surface area contributed by atoms with Crippen LogP contribution < -0.4 is 20.5 Å². The number of nitrogen functional groups attached to an aromatic ring is 1. The Morgan fingerprint density at radius 2 is 1.91 bits per heavy atom. The summed E-state index contributed by atoms with van der Waals surface area (Å²) in [6, 6.07) is 10.3. The molecule has 23 heavy (non-hydrogen) atoms. The molecule has 0 aromatic heterocycles. The fourth-order valence-electron chi connectivity index (χ4n) is 2.00. The van der Waals surface area contributed by atoms with E-state index in [1.807, 2.05) is 13.8 Å². The van der Waals surface area contributed by atoms with Crippen molar-refractivity contribution in [3.8, 4) is 11.5 Å². The topological polar surface area (TPSA) is 73.6 Å². The van der Waals surface area contributed by atoms with E-state index in [9.17, 15) is 4.79 Å². The van der Waals surface area contributed by atoms with Crippen LogP contribution in [0.15, 0.2) is 40.9 Å². The Kier molecular flexibility index (Phi) is 5.50. The highest BCUT2D eigenvalue weighted by Gasteiger charge is 2.12. The number of rotatable bonds is 5. The van der Waals surface area contributed by atoms with Gasteiger partial charge in [0.2, 0.25) is 0 Å². The third-order valence-corrected chi connectivity index (χ3v) is 3.65. The van der Waals surface area contributed by atoms with E-state index in [2.05, 4.69) is 21.2 Å². The number of amides is 1. The molecule has 0 radical (unpaired) electrons. The molecule has 0 unspecified atom stereocenters. The number of carbonyl (C=O) groups is 1. The van der Waals surface area contributed by atoms with E-state index >= 15 is 0 Å². The first-order valence-corrected chi connectivity index (χ1v) is 7.91. The Balaban J connectivity index is 2.20. The molecule has 2 aromatic rings. The second-order valence-corrected chi connectivity index (χ2v) is 6.08. The van der Waals surface area contributed by atoms with Crippen LogP contribution in [0, 0.1) is 0 Å². The summed E-state index contributed by atoms with van der Waals surface area (Å²) < 4.78 is 11.6. The summed E-state index contributed by atoms with van der Waals surface area (Å²) in [6.45, 7) is 3.89. The molecule has 122 valence electrons. The van der Waals surface area contributed by atoms with Gasteiger partial charge < -0.3 is 20.5 Å². The normalized spacial score (nSPS) is 10.5. The van der Waals surface area contributed by atoms with Gasteiger partial charge in [0, 0.05) is 17.3 Å². The summed E-state index contributed by atoms with van der Waals surface area (Å²) in [5, 5.41) is 2.81. The van der Waals surface area contributed by atoms with Crippen LogP contribution in [0.5, 0.6) is 11.5 Å². The number of anilines is 2. The zero-order valence-corrected chi connectivity index (χ0v) is 14.8. The van der Waals surface area contributed by atoms with Crippen LogP contribution in [0.2, 0.25) is 0 Å². The lowest BCUT2D eigenvalue weighted by Crippen LogP contribution is -2.13. The number of halogens is 1. The molecular formula is C17H19BrN2O3. The van der Waals surface area contributed by atoms with Crippen molar-refractivity contribution < 1.29 is 14.3 Å².